The molecule has 4 nitrogen and oxygen atoms in total. The molecule has 3 N–H and O–H groups in total. The second-order valence-corrected chi connectivity index (χ2v) is 4.88. The zero-order valence-corrected chi connectivity index (χ0v) is 11.8. The number of aryl methyl sites for hydroxylation is 1. The van der Waals surface area contributed by atoms with Gasteiger partial charge in [0.05, 0.1) is 12.2 Å². The van der Waals surface area contributed by atoms with Crippen LogP contribution in [0.1, 0.15) is 28.8 Å². The van der Waals surface area contributed by atoms with Crippen molar-refractivity contribution in [3.05, 3.63) is 59.7 Å². The molecule has 0 unspecified atom stereocenters. The molecule has 2 aromatic rings. The Hall–Kier alpha value is -2.49. The van der Waals surface area contributed by atoms with E-state index in [2.05, 4.69) is 0 Å². The van der Waals surface area contributed by atoms with Crippen LogP contribution in [0.3, 0.4) is 0 Å². The predicted molar refractivity (Wildman–Crippen MR) is 82.7 cm³/mol. The van der Waals surface area contributed by atoms with Crippen molar-refractivity contribution in [2.24, 2.45) is 0 Å². The monoisotopic (exact) mass is 285 g/mol. The molecule has 0 bridgehead atoms. The van der Waals surface area contributed by atoms with Gasteiger partial charge in [0, 0.05) is 5.69 Å². The van der Waals surface area contributed by atoms with Gasteiger partial charge in [-0.3, -0.25) is 0 Å². The number of ether oxygens (including phenoxy) is 1. The summed E-state index contributed by atoms with van der Waals surface area (Å²) in [6, 6.07) is 14.4. The number of unbranched alkanes of at least 4 members (excludes halogenated alkanes) is 1. The zero-order chi connectivity index (χ0) is 15.1. The van der Waals surface area contributed by atoms with E-state index >= 15 is 0 Å². The average molecular weight is 285 g/mol. The highest BCUT2D eigenvalue weighted by Crippen LogP contribution is 2.14. The molecule has 0 heterocycles. The average Bonchev–Trinajstić information content (AvgIpc) is 2.49. The molecular formula is C17H19NO3. The molecule has 0 aliphatic rings. The molecule has 0 radical (unpaired) electrons. The highest BCUT2D eigenvalue weighted by atomic mass is 16.5. The standard InChI is InChI=1S/C17H19NO3/c18-15-8-10-16(11-9-15)21-12-2-1-3-13-4-6-14(7-5-13)17(19)20/h4-11H,1-3,12,18H2,(H,19,20). The lowest BCUT2D eigenvalue weighted by molar-refractivity contribution is 0.0697. The summed E-state index contributed by atoms with van der Waals surface area (Å²) in [6.45, 7) is 0.664. The van der Waals surface area contributed by atoms with Crippen LogP contribution in [0.25, 0.3) is 0 Å². The Morgan fingerprint density at radius 1 is 1.00 bits per heavy atom. The number of benzene rings is 2. The largest absolute Gasteiger partial charge is 0.494 e. The van der Waals surface area contributed by atoms with Gasteiger partial charge in [0.2, 0.25) is 0 Å². The number of carboxylic acids is 1. The Bertz CT molecular complexity index is 576. The van der Waals surface area contributed by atoms with E-state index in [4.69, 9.17) is 15.6 Å². The van der Waals surface area contributed by atoms with Crippen molar-refractivity contribution in [3.8, 4) is 5.75 Å². The first-order chi connectivity index (χ1) is 10.1. The topological polar surface area (TPSA) is 72.5 Å². The summed E-state index contributed by atoms with van der Waals surface area (Å²) in [5.41, 5.74) is 7.80. The second kappa shape index (κ2) is 7.33. The van der Waals surface area contributed by atoms with Gasteiger partial charge in [0.15, 0.2) is 0 Å². The first-order valence-corrected chi connectivity index (χ1v) is 6.96. The third-order valence-electron chi connectivity index (χ3n) is 3.21. The smallest absolute Gasteiger partial charge is 0.335 e. The summed E-state index contributed by atoms with van der Waals surface area (Å²) in [5, 5.41) is 8.82. The third kappa shape index (κ3) is 4.84. The molecule has 0 aliphatic heterocycles. The molecule has 0 fully saturated rings. The lowest BCUT2D eigenvalue weighted by atomic mass is 10.1. The molecule has 4 heteroatoms. The van der Waals surface area contributed by atoms with Crippen molar-refractivity contribution < 1.29 is 14.6 Å². The fraction of sp³-hybridized carbons (Fsp3) is 0.235. The van der Waals surface area contributed by atoms with E-state index < -0.39 is 5.97 Å². The van der Waals surface area contributed by atoms with Gasteiger partial charge in [0.1, 0.15) is 5.75 Å². The van der Waals surface area contributed by atoms with Gasteiger partial charge in [0.25, 0.3) is 0 Å². The van der Waals surface area contributed by atoms with Crippen molar-refractivity contribution in [2.75, 3.05) is 12.3 Å². The molecule has 0 atom stereocenters. The van der Waals surface area contributed by atoms with Crippen molar-refractivity contribution >= 4 is 11.7 Å². The number of carbonyl (C=O) groups is 1. The van der Waals surface area contributed by atoms with Gasteiger partial charge in [-0.2, -0.15) is 0 Å². The summed E-state index contributed by atoms with van der Waals surface area (Å²) in [5.74, 6) is -0.0616. The quantitative estimate of drug-likeness (QED) is 0.604. The van der Waals surface area contributed by atoms with Crippen LogP contribution in [0.15, 0.2) is 48.5 Å². The summed E-state index contributed by atoms with van der Waals surface area (Å²) in [4.78, 5) is 10.7. The summed E-state index contributed by atoms with van der Waals surface area (Å²) < 4.78 is 5.62. The van der Waals surface area contributed by atoms with Gasteiger partial charge >= 0.3 is 5.97 Å². The first-order valence-electron chi connectivity index (χ1n) is 6.96. The van der Waals surface area contributed by atoms with Gasteiger partial charge in [-0.25, -0.2) is 4.79 Å². The van der Waals surface area contributed by atoms with Crippen LogP contribution >= 0.6 is 0 Å². The zero-order valence-electron chi connectivity index (χ0n) is 11.8. The summed E-state index contributed by atoms with van der Waals surface area (Å²) >= 11 is 0. The Kier molecular flexibility index (Phi) is 5.21. The third-order valence-corrected chi connectivity index (χ3v) is 3.21. The van der Waals surface area contributed by atoms with E-state index in [1.165, 1.54) is 0 Å². The van der Waals surface area contributed by atoms with E-state index in [0.29, 0.717) is 12.2 Å². The SMILES string of the molecule is Nc1ccc(OCCCCc2ccc(C(=O)O)cc2)cc1. The van der Waals surface area contributed by atoms with E-state index in [1.807, 2.05) is 36.4 Å². The molecule has 0 aromatic heterocycles. The molecule has 0 amide bonds. The Labute approximate surface area is 124 Å². The molecule has 21 heavy (non-hydrogen) atoms. The van der Waals surface area contributed by atoms with Crippen LogP contribution in [0, 0.1) is 0 Å². The molecule has 110 valence electrons. The molecule has 2 rings (SSSR count). The second-order valence-electron chi connectivity index (χ2n) is 4.88. The number of carboxylic acid groups (broad SMARTS) is 1. The van der Waals surface area contributed by atoms with E-state index in [0.717, 1.165) is 36.3 Å². The minimum Gasteiger partial charge on any atom is -0.494 e. The minimum atomic E-state index is -0.890. The maximum atomic E-state index is 10.7. The van der Waals surface area contributed by atoms with Gasteiger partial charge < -0.3 is 15.6 Å². The van der Waals surface area contributed by atoms with E-state index in [9.17, 15) is 4.79 Å². The molecule has 0 spiro atoms. The number of nitrogen functional groups attached to an aromatic ring is 1. The molecular weight excluding hydrogens is 266 g/mol. The van der Waals surface area contributed by atoms with Crippen LogP contribution in [0.2, 0.25) is 0 Å². The molecule has 0 saturated carbocycles. The lowest BCUT2D eigenvalue weighted by Crippen LogP contribution is -1.99. The number of rotatable bonds is 7. The Morgan fingerprint density at radius 2 is 1.67 bits per heavy atom. The molecule has 0 saturated heterocycles. The Balaban J connectivity index is 1.67. The highest BCUT2D eigenvalue weighted by Gasteiger charge is 2.01. The van der Waals surface area contributed by atoms with Crippen molar-refractivity contribution in [3.63, 3.8) is 0 Å². The van der Waals surface area contributed by atoms with Crippen LogP contribution in [-0.4, -0.2) is 17.7 Å². The van der Waals surface area contributed by atoms with Crippen LogP contribution in [-0.2, 0) is 6.42 Å². The van der Waals surface area contributed by atoms with Gasteiger partial charge in [-0.05, 0) is 61.2 Å². The van der Waals surface area contributed by atoms with Crippen molar-refractivity contribution in [2.45, 2.75) is 19.3 Å². The van der Waals surface area contributed by atoms with Crippen LogP contribution < -0.4 is 10.5 Å². The summed E-state index contributed by atoms with van der Waals surface area (Å²) in [6.07, 6.45) is 2.87. The molecule has 0 aliphatic carbocycles. The van der Waals surface area contributed by atoms with Gasteiger partial charge in [-0.15, -0.1) is 0 Å². The molecule has 2 aromatic carbocycles. The number of hydrogen-bond acceptors (Lipinski definition) is 3. The Morgan fingerprint density at radius 3 is 2.29 bits per heavy atom. The number of nitrogens with two attached hydrogens (primary N) is 1. The number of hydrogen-bond donors (Lipinski definition) is 2. The fourth-order valence-electron chi connectivity index (χ4n) is 2.00. The minimum absolute atomic E-state index is 0.324. The van der Waals surface area contributed by atoms with Crippen molar-refractivity contribution in [1.29, 1.82) is 0 Å². The summed E-state index contributed by atoms with van der Waals surface area (Å²) in [7, 11) is 0. The number of anilines is 1. The van der Waals surface area contributed by atoms with Crippen LogP contribution in [0.5, 0.6) is 5.75 Å². The van der Waals surface area contributed by atoms with Gasteiger partial charge in [-0.1, -0.05) is 12.1 Å². The lowest BCUT2D eigenvalue weighted by Gasteiger charge is -2.06. The first kappa shape index (κ1) is 14.9. The van der Waals surface area contributed by atoms with E-state index in [1.54, 1.807) is 12.1 Å². The number of aromatic carboxylic acids is 1. The maximum Gasteiger partial charge on any atom is 0.335 e. The van der Waals surface area contributed by atoms with E-state index in [-0.39, 0.29) is 0 Å². The normalized spacial score (nSPS) is 10.3. The maximum absolute atomic E-state index is 10.7. The highest BCUT2D eigenvalue weighted by molar-refractivity contribution is 5.87. The van der Waals surface area contributed by atoms with Crippen molar-refractivity contribution in [1.82, 2.24) is 0 Å². The fourth-order valence-corrected chi connectivity index (χ4v) is 2.00. The van der Waals surface area contributed by atoms with Crippen LogP contribution in [0.4, 0.5) is 5.69 Å². The predicted octanol–water partition coefficient (Wildman–Crippen LogP) is 3.37.